The first-order valence-corrected chi connectivity index (χ1v) is 17.4. The van der Waals surface area contributed by atoms with Crippen molar-refractivity contribution in [3.8, 4) is 16.9 Å². The molecule has 11 nitrogen and oxygen atoms in total. The molecule has 0 spiro atoms. The SMILES string of the molecule is COc1cc(F)cnc1N1CCN(C(=O)c2cc3c(-c4cccc(C5CC5)c4)cc(C4=CCCN(C(=O)CCn5ccnn5)C4)c(F)c3[nH]2)CC1. The van der Waals surface area contributed by atoms with Crippen molar-refractivity contribution >= 4 is 34.1 Å². The third kappa shape index (κ3) is 6.55. The summed E-state index contributed by atoms with van der Waals surface area (Å²) in [6.45, 7) is 2.99. The lowest BCUT2D eigenvalue weighted by molar-refractivity contribution is -0.131. The van der Waals surface area contributed by atoms with Crippen molar-refractivity contribution in [3.05, 3.63) is 95.6 Å². The molecular weight excluding hydrogens is 654 g/mol. The van der Waals surface area contributed by atoms with Gasteiger partial charge in [0, 0.05) is 68.9 Å². The van der Waals surface area contributed by atoms with Crippen molar-refractivity contribution in [2.24, 2.45) is 0 Å². The van der Waals surface area contributed by atoms with Gasteiger partial charge in [-0.2, -0.15) is 0 Å². The number of ether oxygens (including phenoxy) is 1. The topological polar surface area (TPSA) is 112 Å². The number of pyridine rings is 1. The van der Waals surface area contributed by atoms with Gasteiger partial charge in [0.1, 0.15) is 11.5 Å². The van der Waals surface area contributed by atoms with E-state index in [-0.39, 0.29) is 30.3 Å². The number of nitrogens with zero attached hydrogens (tertiary/aromatic N) is 7. The van der Waals surface area contributed by atoms with Crippen molar-refractivity contribution in [2.45, 2.75) is 38.1 Å². The number of benzene rings is 2. The molecule has 0 bridgehead atoms. The lowest BCUT2D eigenvalue weighted by atomic mass is 9.92. The van der Waals surface area contributed by atoms with Crippen molar-refractivity contribution < 1.29 is 23.1 Å². The summed E-state index contributed by atoms with van der Waals surface area (Å²) < 4.78 is 37.4. The summed E-state index contributed by atoms with van der Waals surface area (Å²) >= 11 is 0. The van der Waals surface area contributed by atoms with Crippen LogP contribution in [0.2, 0.25) is 0 Å². The highest BCUT2D eigenvalue weighted by Gasteiger charge is 2.29. The summed E-state index contributed by atoms with van der Waals surface area (Å²) in [6.07, 6.45) is 9.64. The first-order valence-electron chi connectivity index (χ1n) is 17.4. The van der Waals surface area contributed by atoms with Gasteiger partial charge in [0.15, 0.2) is 17.4 Å². The zero-order valence-corrected chi connectivity index (χ0v) is 28.3. The van der Waals surface area contributed by atoms with E-state index in [4.69, 9.17) is 4.74 Å². The zero-order valence-electron chi connectivity index (χ0n) is 28.3. The van der Waals surface area contributed by atoms with Crippen molar-refractivity contribution in [2.75, 3.05) is 51.3 Å². The largest absolute Gasteiger partial charge is 0.493 e. The van der Waals surface area contributed by atoms with Gasteiger partial charge in [0.25, 0.3) is 5.91 Å². The summed E-state index contributed by atoms with van der Waals surface area (Å²) in [5.41, 5.74) is 4.75. The van der Waals surface area contributed by atoms with Crippen LogP contribution in [0.4, 0.5) is 14.6 Å². The first-order chi connectivity index (χ1) is 24.9. The second kappa shape index (κ2) is 13.6. The van der Waals surface area contributed by atoms with Crippen LogP contribution >= 0.6 is 0 Å². The van der Waals surface area contributed by atoms with Crippen LogP contribution in [0.25, 0.3) is 27.6 Å². The van der Waals surface area contributed by atoms with Gasteiger partial charge in [-0.05, 0) is 59.6 Å². The fraction of sp³-hybridized carbons (Fsp3) is 0.342. The molecule has 5 aromatic rings. The third-order valence-corrected chi connectivity index (χ3v) is 10.1. The normalized spacial score (nSPS) is 16.5. The summed E-state index contributed by atoms with van der Waals surface area (Å²) in [6, 6.07) is 13.3. The van der Waals surface area contributed by atoms with E-state index in [1.54, 1.807) is 32.9 Å². The minimum Gasteiger partial charge on any atom is -0.493 e. The first kappa shape index (κ1) is 32.6. The number of nitrogens with one attached hydrogen (secondary N) is 1. The van der Waals surface area contributed by atoms with E-state index >= 15 is 4.39 Å². The Morgan fingerprint density at radius 1 is 1.00 bits per heavy atom. The van der Waals surface area contributed by atoms with Crippen LogP contribution in [0, 0.1) is 11.6 Å². The molecule has 0 unspecified atom stereocenters. The van der Waals surface area contributed by atoms with E-state index in [1.165, 1.54) is 18.7 Å². The molecule has 51 heavy (non-hydrogen) atoms. The zero-order chi connectivity index (χ0) is 35.1. The summed E-state index contributed by atoms with van der Waals surface area (Å²) in [5.74, 6) is 0.196. The van der Waals surface area contributed by atoms with Gasteiger partial charge in [-0.25, -0.2) is 13.8 Å². The van der Waals surface area contributed by atoms with Crippen LogP contribution < -0.4 is 9.64 Å². The van der Waals surface area contributed by atoms with E-state index in [0.29, 0.717) is 79.8 Å². The van der Waals surface area contributed by atoms with E-state index in [0.717, 1.165) is 35.7 Å². The number of hydrogen-bond donors (Lipinski definition) is 1. The maximum atomic E-state index is 16.7. The number of carbonyl (C=O) groups is 2. The fourth-order valence-corrected chi connectivity index (χ4v) is 7.19. The van der Waals surface area contributed by atoms with Crippen LogP contribution in [-0.2, 0) is 11.3 Å². The molecule has 2 aromatic carbocycles. The monoisotopic (exact) mass is 692 g/mol. The molecule has 2 aliphatic heterocycles. The minimum atomic E-state index is -0.484. The number of methoxy groups -OCH3 is 1. The Bertz CT molecular complexity index is 2130. The second-order valence-corrected chi connectivity index (χ2v) is 13.4. The summed E-state index contributed by atoms with van der Waals surface area (Å²) in [4.78, 5) is 40.0. The molecule has 3 aliphatic rings. The molecular formula is C38H38F2N8O3. The molecule has 0 atom stereocenters. The van der Waals surface area contributed by atoms with Crippen molar-refractivity contribution in [3.63, 3.8) is 0 Å². The molecule has 13 heteroatoms. The Hall–Kier alpha value is -5.59. The van der Waals surface area contributed by atoms with Crippen molar-refractivity contribution in [1.29, 1.82) is 0 Å². The molecule has 0 radical (unpaired) electrons. The average Bonchev–Trinajstić information content (AvgIpc) is 3.69. The Balaban J connectivity index is 1.09. The van der Waals surface area contributed by atoms with Gasteiger partial charge in [-0.1, -0.05) is 35.6 Å². The van der Waals surface area contributed by atoms with E-state index in [2.05, 4.69) is 32.4 Å². The van der Waals surface area contributed by atoms with Crippen LogP contribution in [0.15, 0.2) is 67.1 Å². The molecule has 1 aliphatic carbocycles. The third-order valence-electron chi connectivity index (χ3n) is 10.1. The number of rotatable bonds is 9. The van der Waals surface area contributed by atoms with Gasteiger partial charge in [0.05, 0.1) is 31.6 Å². The van der Waals surface area contributed by atoms with Gasteiger partial charge in [-0.15, -0.1) is 5.10 Å². The van der Waals surface area contributed by atoms with Gasteiger partial charge in [0.2, 0.25) is 5.91 Å². The van der Waals surface area contributed by atoms with E-state index < -0.39 is 11.6 Å². The van der Waals surface area contributed by atoms with Gasteiger partial charge < -0.3 is 24.4 Å². The van der Waals surface area contributed by atoms with Crippen LogP contribution in [-0.4, -0.2) is 93.0 Å². The van der Waals surface area contributed by atoms with Gasteiger partial charge >= 0.3 is 0 Å². The second-order valence-electron chi connectivity index (χ2n) is 13.4. The number of aromatic amines is 1. The Labute approximate surface area is 293 Å². The van der Waals surface area contributed by atoms with Crippen LogP contribution in [0.1, 0.15) is 53.2 Å². The molecule has 262 valence electrons. The highest BCUT2D eigenvalue weighted by atomic mass is 19.1. The molecule has 1 saturated heterocycles. The van der Waals surface area contributed by atoms with Gasteiger partial charge in [-0.3, -0.25) is 14.3 Å². The number of fused-ring (bicyclic) bond motifs is 1. The smallest absolute Gasteiger partial charge is 0.270 e. The van der Waals surface area contributed by atoms with E-state index in [9.17, 15) is 14.0 Å². The highest BCUT2D eigenvalue weighted by Crippen LogP contribution is 2.43. The maximum Gasteiger partial charge on any atom is 0.270 e. The summed E-state index contributed by atoms with van der Waals surface area (Å²) in [7, 11) is 1.47. The number of anilines is 1. The molecule has 1 N–H and O–H groups in total. The molecule has 3 aromatic heterocycles. The molecule has 2 amide bonds. The van der Waals surface area contributed by atoms with Crippen LogP contribution in [0.5, 0.6) is 5.75 Å². The number of halogens is 2. The number of piperazine rings is 1. The molecule has 1 saturated carbocycles. The molecule has 8 rings (SSSR count). The standard InChI is InChI=1S/C38H38F2N8O3/c1-51-33-19-28(39)22-41-37(33)45-14-16-46(17-15-45)38(50)32-21-31-29(26-5-2-4-25(18-26)24-7-8-24)20-30(35(40)36(31)43-32)27-6-3-11-47(23-27)34(49)9-12-48-13-10-42-44-48/h2,4-6,10,13,18-22,24,43H,3,7-9,11-12,14-17,23H2,1H3. The molecule has 2 fully saturated rings. The number of aryl methyl sites for hydroxylation is 1. The average molecular weight is 693 g/mol. The minimum absolute atomic E-state index is 0.0311. The number of aromatic nitrogens is 5. The number of amides is 2. The Morgan fingerprint density at radius 2 is 1.84 bits per heavy atom. The number of hydrogen-bond acceptors (Lipinski definition) is 7. The summed E-state index contributed by atoms with van der Waals surface area (Å²) in [5, 5.41) is 8.38. The maximum absolute atomic E-state index is 16.7. The van der Waals surface area contributed by atoms with E-state index in [1.807, 2.05) is 29.2 Å². The Morgan fingerprint density at radius 3 is 2.61 bits per heavy atom. The predicted molar refractivity (Wildman–Crippen MR) is 188 cm³/mol. The fourth-order valence-electron chi connectivity index (χ4n) is 7.19. The lowest BCUT2D eigenvalue weighted by Crippen LogP contribution is -2.49. The van der Waals surface area contributed by atoms with Crippen LogP contribution in [0.3, 0.4) is 0 Å². The lowest BCUT2D eigenvalue weighted by Gasteiger charge is -2.35. The quantitative estimate of drug-likeness (QED) is 0.212. The predicted octanol–water partition coefficient (Wildman–Crippen LogP) is 5.65. The van der Waals surface area contributed by atoms with Crippen molar-refractivity contribution in [1.82, 2.24) is 34.8 Å². The highest BCUT2D eigenvalue weighted by molar-refractivity contribution is 6.04. The number of carbonyl (C=O) groups excluding carboxylic acids is 2. The Kier molecular flexibility index (Phi) is 8.70. The molecule has 5 heterocycles. The number of H-pyrrole nitrogens is 1.